The van der Waals surface area contributed by atoms with Crippen molar-refractivity contribution >= 4 is 23.2 Å². The number of rotatable bonds is 6. The molecular formula is C11H10N2O4S. The molecule has 0 spiro atoms. The maximum absolute atomic E-state index is 11.7. The SMILES string of the molecule is O=C(CSCc1ccco1)c1cc([N+](=O)[O-])c[nH]1. The standard InChI is InChI=1S/C11H10N2O4S/c14-11(7-18-6-9-2-1-3-17-9)10-4-8(5-12-10)13(15)16/h1-5,12H,6-7H2. The Balaban J connectivity index is 1.85. The van der Waals surface area contributed by atoms with E-state index in [1.807, 2.05) is 6.07 Å². The molecule has 1 N–H and O–H groups in total. The number of aromatic amines is 1. The second-order valence-corrected chi connectivity index (χ2v) is 4.51. The van der Waals surface area contributed by atoms with Gasteiger partial charge in [-0.1, -0.05) is 0 Å². The summed E-state index contributed by atoms with van der Waals surface area (Å²) >= 11 is 1.40. The summed E-state index contributed by atoms with van der Waals surface area (Å²) in [6, 6.07) is 4.86. The summed E-state index contributed by atoms with van der Waals surface area (Å²) in [5.41, 5.74) is 0.156. The van der Waals surface area contributed by atoms with E-state index in [2.05, 4.69) is 4.98 Å². The van der Waals surface area contributed by atoms with Gasteiger partial charge in [-0.3, -0.25) is 14.9 Å². The van der Waals surface area contributed by atoms with Gasteiger partial charge in [0.1, 0.15) is 5.76 Å². The van der Waals surface area contributed by atoms with Crippen molar-refractivity contribution in [3.05, 3.63) is 52.2 Å². The molecule has 0 aromatic carbocycles. The quantitative estimate of drug-likeness (QED) is 0.493. The van der Waals surface area contributed by atoms with Gasteiger partial charge in [0.15, 0.2) is 5.78 Å². The Kier molecular flexibility index (Phi) is 3.83. The number of carbonyl (C=O) groups is 1. The molecule has 6 nitrogen and oxygen atoms in total. The lowest BCUT2D eigenvalue weighted by molar-refractivity contribution is -0.384. The number of Topliss-reactive ketones (excluding diaryl/α,β-unsaturated/α-hetero) is 1. The van der Waals surface area contributed by atoms with E-state index in [0.717, 1.165) is 5.76 Å². The van der Waals surface area contributed by atoms with Crippen LogP contribution in [0.1, 0.15) is 16.2 Å². The smallest absolute Gasteiger partial charge is 0.287 e. The lowest BCUT2D eigenvalue weighted by Gasteiger charge is -1.97. The van der Waals surface area contributed by atoms with Crippen LogP contribution in [-0.4, -0.2) is 21.4 Å². The van der Waals surface area contributed by atoms with Crippen LogP contribution in [0.3, 0.4) is 0 Å². The predicted molar refractivity (Wildman–Crippen MR) is 66.6 cm³/mol. The molecule has 0 radical (unpaired) electrons. The molecule has 0 aliphatic heterocycles. The molecule has 0 atom stereocenters. The van der Waals surface area contributed by atoms with Crippen molar-refractivity contribution in [2.75, 3.05) is 5.75 Å². The van der Waals surface area contributed by atoms with Crippen LogP contribution in [0.25, 0.3) is 0 Å². The van der Waals surface area contributed by atoms with E-state index in [1.165, 1.54) is 24.0 Å². The molecule has 2 aromatic heterocycles. The van der Waals surface area contributed by atoms with E-state index in [9.17, 15) is 14.9 Å². The molecule has 0 amide bonds. The van der Waals surface area contributed by atoms with Crippen LogP contribution < -0.4 is 0 Å². The number of hydrogen-bond donors (Lipinski definition) is 1. The lowest BCUT2D eigenvalue weighted by Crippen LogP contribution is -2.02. The van der Waals surface area contributed by atoms with Crippen molar-refractivity contribution < 1.29 is 14.1 Å². The number of aromatic nitrogens is 1. The molecule has 0 aliphatic rings. The third kappa shape index (κ3) is 3.01. The molecule has 2 rings (SSSR count). The highest BCUT2D eigenvalue weighted by Crippen LogP contribution is 2.17. The highest BCUT2D eigenvalue weighted by Gasteiger charge is 2.14. The first kappa shape index (κ1) is 12.4. The van der Waals surface area contributed by atoms with Gasteiger partial charge < -0.3 is 9.40 Å². The molecule has 18 heavy (non-hydrogen) atoms. The fourth-order valence-corrected chi connectivity index (χ4v) is 2.17. The zero-order chi connectivity index (χ0) is 13.0. The largest absolute Gasteiger partial charge is 0.468 e. The number of carbonyl (C=O) groups excluding carboxylic acids is 1. The Hall–Kier alpha value is -2.02. The summed E-state index contributed by atoms with van der Waals surface area (Å²) in [7, 11) is 0. The molecule has 0 unspecified atom stereocenters. The number of nitrogens with zero attached hydrogens (tertiary/aromatic N) is 1. The van der Waals surface area contributed by atoms with Crippen molar-refractivity contribution in [2.24, 2.45) is 0 Å². The first-order chi connectivity index (χ1) is 8.66. The van der Waals surface area contributed by atoms with Crippen molar-refractivity contribution in [1.29, 1.82) is 0 Å². The van der Waals surface area contributed by atoms with Crippen LogP contribution in [0.15, 0.2) is 35.1 Å². The molecule has 0 saturated heterocycles. The third-order valence-corrected chi connectivity index (χ3v) is 3.19. The molecule has 94 valence electrons. The van der Waals surface area contributed by atoms with E-state index in [0.29, 0.717) is 5.75 Å². The lowest BCUT2D eigenvalue weighted by atomic mass is 10.3. The summed E-state index contributed by atoms with van der Waals surface area (Å²) in [6.45, 7) is 0. The van der Waals surface area contributed by atoms with Gasteiger partial charge in [-0.2, -0.15) is 0 Å². The number of nitrogens with one attached hydrogen (secondary N) is 1. The van der Waals surface area contributed by atoms with Crippen molar-refractivity contribution in [3.63, 3.8) is 0 Å². The molecule has 0 bridgehead atoms. The first-order valence-electron chi connectivity index (χ1n) is 5.13. The van der Waals surface area contributed by atoms with Crippen LogP contribution in [0.5, 0.6) is 0 Å². The van der Waals surface area contributed by atoms with Gasteiger partial charge in [-0.25, -0.2) is 0 Å². The van der Waals surface area contributed by atoms with Crippen molar-refractivity contribution in [2.45, 2.75) is 5.75 Å². The Morgan fingerprint density at radius 3 is 3.00 bits per heavy atom. The fraction of sp³-hybridized carbons (Fsp3) is 0.182. The van der Waals surface area contributed by atoms with Gasteiger partial charge in [-0.15, -0.1) is 11.8 Å². The van der Waals surface area contributed by atoms with E-state index < -0.39 is 4.92 Å². The average molecular weight is 266 g/mol. The number of H-pyrrole nitrogens is 1. The topological polar surface area (TPSA) is 89.1 Å². The van der Waals surface area contributed by atoms with Gasteiger partial charge in [-0.05, 0) is 12.1 Å². The summed E-state index contributed by atoms with van der Waals surface area (Å²) in [4.78, 5) is 24.2. The monoisotopic (exact) mass is 266 g/mol. The molecule has 2 aromatic rings. The first-order valence-corrected chi connectivity index (χ1v) is 6.28. The normalized spacial score (nSPS) is 10.4. The molecule has 7 heteroatoms. The van der Waals surface area contributed by atoms with Crippen molar-refractivity contribution in [1.82, 2.24) is 4.98 Å². The van der Waals surface area contributed by atoms with E-state index in [4.69, 9.17) is 4.42 Å². The minimum Gasteiger partial charge on any atom is -0.468 e. The summed E-state index contributed by atoms with van der Waals surface area (Å²) < 4.78 is 5.13. The van der Waals surface area contributed by atoms with Crippen LogP contribution in [-0.2, 0) is 5.75 Å². The number of thioether (sulfide) groups is 1. The van der Waals surface area contributed by atoms with Gasteiger partial charge in [0.2, 0.25) is 0 Å². The molecule has 0 aliphatic carbocycles. The molecular weight excluding hydrogens is 256 g/mol. The maximum Gasteiger partial charge on any atom is 0.287 e. The highest BCUT2D eigenvalue weighted by atomic mass is 32.2. The second kappa shape index (κ2) is 5.54. The summed E-state index contributed by atoms with van der Waals surface area (Å²) in [5.74, 6) is 1.48. The third-order valence-electron chi connectivity index (χ3n) is 2.24. The summed E-state index contributed by atoms with van der Waals surface area (Å²) in [5, 5.41) is 10.5. The molecule has 0 fully saturated rings. The highest BCUT2D eigenvalue weighted by molar-refractivity contribution is 7.99. The van der Waals surface area contributed by atoms with Gasteiger partial charge in [0.05, 0.1) is 34.6 Å². The minimum absolute atomic E-state index is 0.102. The van der Waals surface area contributed by atoms with Crippen LogP contribution in [0.4, 0.5) is 5.69 Å². The van der Waals surface area contributed by atoms with Crippen LogP contribution in [0.2, 0.25) is 0 Å². The summed E-state index contributed by atoms with van der Waals surface area (Å²) in [6.07, 6.45) is 2.79. The van der Waals surface area contributed by atoms with E-state index in [-0.39, 0.29) is 22.9 Å². The zero-order valence-electron chi connectivity index (χ0n) is 9.29. The number of nitro groups is 1. The maximum atomic E-state index is 11.7. The van der Waals surface area contributed by atoms with Gasteiger partial charge in [0.25, 0.3) is 5.69 Å². The van der Waals surface area contributed by atoms with Crippen molar-refractivity contribution in [3.8, 4) is 0 Å². The Morgan fingerprint density at radius 2 is 2.39 bits per heavy atom. The zero-order valence-corrected chi connectivity index (χ0v) is 10.1. The fourth-order valence-electron chi connectivity index (χ4n) is 1.37. The Morgan fingerprint density at radius 1 is 1.56 bits per heavy atom. The van der Waals surface area contributed by atoms with Gasteiger partial charge >= 0.3 is 0 Å². The average Bonchev–Trinajstić information content (AvgIpc) is 2.99. The second-order valence-electron chi connectivity index (χ2n) is 3.52. The van der Waals surface area contributed by atoms with Gasteiger partial charge in [0, 0.05) is 6.07 Å². The minimum atomic E-state index is -0.538. The number of hydrogen-bond acceptors (Lipinski definition) is 5. The van der Waals surface area contributed by atoms with E-state index in [1.54, 1.807) is 12.3 Å². The number of ketones is 1. The Labute approximate surface area is 107 Å². The number of furan rings is 1. The molecule has 0 saturated carbocycles. The van der Waals surface area contributed by atoms with E-state index >= 15 is 0 Å². The Bertz CT molecular complexity index is 547. The predicted octanol–water partition coefficient (Wildman–Crippen LogP) is 2.63. The van der Waals surface area contributed by atoms with Crippen LogP contribution >= 0.6 is 11.8 Å². The van der Waals surface area contributed by atoms with Crippen LogP contribution in [0, 0.1) is 10.1 Å². The molecule has 2 heterocycles.